The maximum atomic E-state index is 13.6. The minimum absolute atomic E-state index is 0.00384. The number of nitrogens with one attached hydrogen (secondary N) is 3. The monoisotopic (exact) mass is 572 g/mol. The van der Waals surface area contributed by atoms with E-state index < -0.39 is 10.0 Å². The summed E-state index contributed by atoms with van der Waals surface area (Å²) in [6, 6.07) is 17.8. The quantitative estimate of drug-likeness (QED) is 0.338. The largest absolute Gasteiger partial charge is 0.495 e. The molecule has 1 heterocycles. The molecule has 0 aliphatic carbocycles. The SMILES string of the molecule is COc1ccccc1NS(=O)(=O)c1cc(NC(=O)CCNC(=O)c2ccc(Cl)cc2)ccc1N1CCOCC1. The predicted octanol–water partition coefficient (Wildman–Crippen LogP) is 3.74. The predicted molar refractivity (Wildman–Crippen MR) is 150 cm³/mol. The summed E-state index contributed by atoms with van der Waals surface area (Å²) in [5, 5.41) is 5.92. The normalized spacial score (nSPS) is 13.4. The lowest BCUT2D eigenvalue weighted by Gasteiger charge is -2.30. The summed E-state index contributed by atoms with van der Waals surface area (Å²) in [5.41, 5.74) is 1.52. The molecule has 39 heavy (non-hydrogen) atoms. The van der Waals surface area contributed by atoms with Gasteiger partial charge in [0.25, 0.3) is 15.9 Å². The van der Waals surface area contributed by atoms with Crippen molar-refractivity contribution in [3.63, 3.8) is 0 Å². The van der Waals surface area contributed by atoms with Crippen molar-refractivity contribution < 1.29 is 27.5 Å². The molecule has 4 rings (SSSR count). The molecular formula is C27H29ClN4O6S. The first-order valence-corrected chi connectivity index (χ1v) is 14.1. The van der Waals surface area contributed by atoms with Crippen LogP contribution < -0.4 is 25.0 Å². The Hall–Kier alpha value is -3.80. The zero-order valence-electron chi connectivity index (χ0n) is 21.3. The molecule has 0 atom stereocenters. The second kappa shape index (κ2) is 12.8. The molecule has 1 fully saturated rings. The summed E-state index contributed by atoms with van der Waals surface area (Å²) in [6.07, 6.45) is -0.00784. The number of para-hydroxylation sites is 2. The lowest BCUT2D eigenvalue weighted by atomic mass is 10.2. The Labute approximate surface area is 232 Å². The standard InChI is InChI=1S/C27H29ClN4O6S/c1-37-24-5-3-2-4-22(24)31-39(35,36)25-18-21(10-11-23(25)32-14-16-38-17-15-32)30-26(33)12-13-29-27(34)19-6-8-20(28)9-7-19/h2-11,18,31H,12-17H2,1H3,(H,29,34)(H,30,33). The molecule has 1 saturated heterocycles. The number of carbonyl (C=O) groups excluding carboxylic acids is 2. The second-order valence-corrected chi connectivity index (χ2v) is 10.7. The molecule has 3 aromatic rings. The van der Waals surface area contributed by atoms with Crippen LogP contribution in [0.3, 0.4) is 0 Å². The van der Waals surface area contributed by atoms with E-state index in [-0.39, 0.29) is 29.7 Å². The van der Waals surface area contributed by atoms with Gasteiger partial charge in [-0.25, -0.2) is 8.42 Å². The second-order valence-electron chi connectivity index (χ2n) is 8.65. The van der Waals surface area contributed by atoms with Gasteiger partial charge in [-0.1, -0.05) is 23.7 Å². The molecule has 206 valence electrons. The van der Waals surface area contributed by atoms with E-state index in [1.807, 2.05) is 4.90 Å². The molecule has 2 amide bonds. The summed E-state index contributed by atoms with van der Waals surface area (Å²) >= 11 is 5.85. The highest BCUT2D eigenvalue weighted by Gasteiger charge is 2.25. The molecule has 0 aromatic heterocycles. The topological polar surface area (TPSA) is 126 Å². The van der Waals surface area contributed by atoms with Gasteiger partial charge in [-0.05, 0) is 54.6 Å². The van der Waals surface area contributed by atoms with Crippen LogP contribution in [-0.2, 0) is 19.6 Å². The first-order chi connectivity index (χ1) is 18.8. The van der Waals surface area contributed by atoms with E-state index in [0.717, 1.165) is 0 Å². The van der Waals surface area contributed by atoms with Gasteiger partial charge in [-0.15, -0.1) is 0 Å². The Morgan fingerprint density at radius 2 is 1.74 bits per heavy atom. The van der Waals surface area contributed by atoms with Gasteiger partial charge in [0.05, 0.1) is 31.7 Å². The highest BCUT2D eigenvalue weighted by molar-refractivity contribution is 7.93. The third kappa shape index (κ3) is 7.41. The van der Waals surface area contributed by atoms with Crippen LogP contribution in [0.2, 0.25) is 5.02 Å². The van der Waals surface area contributed by atoms with Crippen LogP contribution >= 0.6 is 11.6 Å². The number of hydrogen-bond acceptors (Lipinski definition) is 7. The highest BCUT2D eigenvalue weighted by atomic mass is 35.5. The Kier molecular flexibility index (Phi) is 9.28. The van der Waals surface area contributed by atoms with E-state index in [1.54, 1.807) is 60.7 Å². The van der Waals surface area contributed by atoms with Gasteiger partial charge in [0, 0.05) is 42.3 Å². The molecule has 10 nitrogen and oxygen atoms in total. The number of anilines is 3. The molecule has 0 bridgehead atoms. The van der Waals surface area contributed by atoms with Gasteiger partial charge in [0.1, 0.15) is 10.6 Å². The number of morpholine rings is 1. The van der Waals surface area contributed by atoms with Crippen LogP contribution in [0.15, 0.2) is 71.6 Å². The van der Waals surface area contributed by atoms with Crippen LogP contribution in [0.5, 0.6) is 5.75 Å². The molecule has 1 aliphatic heterocycles. The van der Waals surface area contributed by atoms with Gasteiger partial charge < -0.3 is 25.0 Å². The van der Waals surface area contributed by atoms with E-state index in [0.29, 0.717) is 59.7 Å². The summed E-state index contributed by atoms with van der Waals surface area (Å²) in [5.74, 6) is -0.337. The fraction of sp³-hybridized carbons (Fsp3) is 0.259. The van der Waals surface area contributed by atoms with E-state index in [9.17, 15) is 18.0 Å². The van der Waals surface area contributed by atoms with Crippen molar-refractivity contribution in [2.24, 2.45) is 0 Å². The Balaban J connectivity index is 1.49. The zero-order valence-corrected chi connectivity index (χ0v) is 22.8. The van der Waals surface area contributed by atoms with Gasteiger partial charge >= 0.3 is 0 Å². The van der Waals surface area contributed by atoms with E-state index >= 15 is 0 Å². The molecular weight excluding hydrogens is 544 g/mol. The average Bonchev–Trinajstić information content (AvgIpc) is 2.94. The van der Waals surface area contributed by atoms with E-state index in [2.05, 4.69) is 15.4 Å². The average molecular weight is 573 g/mol. The Bertz CT molecular complexity index is 1430. The van der Waals surface area contributed by atoms with E-state index in [1.165, 1.54) is 13.2 Å². The van der Waals surface area contributed by atoms with Crippen molar-refractivity contribution in [3.05, 3.63) is 77.3 Å². The van der Waals surface area contributed by atoms with Crippen molar-refractivity contribution in [3.8, 4) is 5.75 Å². The van der Waals surface area contributed by atoms with Crippen LogP contribution in [0.25, 0.3) is 0 Å². The van der Waals surface area contributed by atoms with Crippen molar-refractivity contribution >= 4 is 50.5 Å². The molecule has 12 heteroatoms. The van der Waals surface area contributed by atoms with Gasteiger partial charge in [-0.3, -0.25) is 14.3 Å². The fourth-order valence-corrected chi connectivity index (χ4v) is 5.47. The number of benzene rings is 3. The molecule has 3 aromatic carbocycles. The molecule has 0 unspecified atom stereocenters. The summed E-state index contributed by atoms with van der Waals surface area (Å²) in [7, 11) is -2.62. The number of nitrogens with zero attached hydrogens (tertiary/aromatic N) is 1. The lowest BCUT2D eigenvalue weighted by Crippen LogP contribution is -2.37. The minimum Gasteiger partial charge on any atom is -0.495 e. The Morgan fingerprint density at radius 3 is 2.46 bits per heavy atom. The van der Waals surface area contributed by atoms with Crippen LogP contribution in [0.4, 0.5) is 17.1 Å². The first-order valence-electron chi connectivity index (χ1n) is 12.2. The van der Waals surface area contributed by atoms with Gasteiger partial charge in [0.2, 0.25) is 5.91 Å². The van der Waals surface area contributed by atoms with Crippen LogP contribution in [-0.4, -0.2) is 60.2 Å². The number of sulfonamides is 1. The van der Waals surface area contributed by atoms with Crippen molar-refractivity contribution in [1.29, 1.82) is 0 Å². The molecule has 0 spiro atoms. The van der Waals surface area contributed by atoms with Crippen LogP contribution in [0, 0.1) is 0 Å². The van der Waals surface area contributed by atoms with Crippen molar-refractivity contribution in [2.75, 3.05) is 54.9 Å². The summed E-state index contributed by atoms with van der Waals surface area (Å²) in [4.78, 5) is 26.8. The maximum Gasteiger partial charge on any atom is 0.264 e. The number of rotatable bonds is 10. The Morgan fingerprint density at radius 1 is 1.03 bits per heavy atom. The van der Waals surface area contributed by atoms with Gasteiger partial charge in [0.15, 0.2) is 0 Å². The number of hydrogen-bond donors (Lipinski definition) is 3. The third-order valence-electron chi connectivity index (χ3n) is 5.98. The summed E-state index contributed by atoms with van der Waals surface area (Å²) < 4.78 is 40.5. The first kappa shape index (κ1) is 28.2. The molecule has 3 N–H and O–H groups in total. The van der Waals surface area contributed by atoms with E-state index in [4.69, 9.17) is 21.1 Å². The number of methoxy groups -OCH3 is 1. The molecule has 1 aliphatic rings. The number of ether oxygens (including phenoxy) is 2. The van der Waals surface area contributed by atoms with Gasteiger partial charge in [-0.2, -0.15) is 0 Å². The summed E-state index contributed by atoms with van der Waals surface area (Å²) in [6.45, 7) is 2.09. The minimum atomic E-state index is -4.08. The van der Waals surface area contributed by atoms with Crippen molar-refractivity contribution in [1.82, 2.24) is 5.32 Å². The van der Waals surface area contributed by atoms with Crippen molar-refractivity contribution in [2.45, 2.75) is 11.3 Å². The molecule has 0 radical (unpaired) electrons. The number of carbonyl (C=O) groups is 2. The third-order valence-corrected chi connectivity index (χ3v) is 7.63. The lowest BCUT2D eigenvalue weighted by molar-refractivity contribution is -0.116. The number of halogens is 1. The smallest absolute Gasteiger partial charge is 0.264 e. The fourth-order valence-electron chi connectivity index (χ4n) is 4.02. The molecule has 0 saturated carbocycles. The maximum absolute atomic E-state index is 13.6. The van der Waals surface area contributed by atoms with Crippen LogP contribution in [0.1, 0.15) is 16.8 Å². The highest BCUT2D eigenvalue weighted by Crippen LogP contribution is 2.33. The number of amides is 2. The zero-order chi connectivity index (χ0) is 27.8.